The number of hydrogen-bond acceptors (Lipinski definition) is 4. The molecule has 0 spiro atoms. The minimum atomic E-state index is -2.08. The molecule has 0 saturated heterocycles. The Balaban J connectivity index is -0.00000000848. The lowest BCUT2D eigenvalue weighted by atomic mass is 10.8. The molecule has 0 atom stereocenters. The van der Waals surface area contributed by atoms with Crippen LogP contribution in [0.1, 0.15) is 7.43 Å². The molecule has 0 aromatic carbocycles. The highest BCUT2D eigenvalue weighted by Gasteiger charge is 1.51. The first kappa shape index (κ1) is 53.2. The Morgan fingerprint density at radius 3 is 1.27 bits per heavy atom. The van der Waals surface area contributed by atoms with Crippen LogP contribution in [0.4, 0.5) is 4.79 Å². The van der Waals surface area contributed by atoms with Crippen molar-refractivity contribution >= 4 is 29.1 Å². The fourth-order valence-electron chi connectivity index (χ4n) is 0. The highest BCUT2D eigenvalue weighted by atomic mass is 16.6. The molecule has 11 heavy (non-hydrogen) atoms. The second-order valence-electron chi connectivity index (χ2n) is 0.349. The summed E-state index contributed by atoms with van der Waals surface area (Å²) >= 11 is 0. The Morgan fingerprint density at radius 1 is 1.27 bits per heavy atom. The summed E-state index contributed by atoms with van der Waals surface area (Å²) in [6, 6.07) is 0. The highest BCUT2D eigenvalue weighted by molar-refractivity contribution is 5.76. The summed E-state index contributed by atoms with van der Waals surface area (Å²) in [6.45, 7) is 0. The van der Waals surface area contributed by atoms with Crippen LogP contribution in [-0.2, 0) is 9.59 Å². The third-order valence-corrected chi connectivity index (χ3v) is 0. The molecular formula is C3H7B2O6-. The van der Waals surface area contributed by atoms with Crippen LogP contribution in [0.2, 0.25) is 0 Å². The molecule has 0 rings (SSSR count). The predicted octanol–water partition coefficient (Wildman–Crippen LogP) is -2.65. The average Bonchev–Trinajstić information content (AvgIpc) is 1.33. The van der Waals surface area contributed by atoms with Gasteiger partial charge in [-0.2, -0.15) is 9.59 Å². The van der Waals surface area contributed by atoms with Crippen LogP contribution in [0.3, 0.4) is 0 Å². The normalized spacial score (nSPS) is 2.91. The molecule has 0 heterocycles. The Bertz CT molecular complexity index is 83.8. The quantitative estimate of drug-likeness (QED) is 0.388. The minimum Gasteiger partial charge on any atom is -0.565 e. The zero-order valence-electron chi connectivity index (χ0n) is 4.73. The summed E-state index contributed by atoms with van der Waals surface area (Å²) in [5, 5.41) is 15.3. The lowest BCUT2D eigenvalue weighted by Crippen LogP contribution is -2.17. The zero-order chi connectivity index (χ0) is 6.28. The van der Waals surface area contributed by atoms with Gasteiger partial charge in [-0.25, -0.2) is 0 Å². The first-order chi connectivity index (χ1) is 3.15. The van der Waals surface area contributed by atoms with Crippen LogP contribution in [-0.4, -0.2) is 39.7 Å². The molecule has 6 nitrogen and oxygen atoms in total. The van der Waals surface area contributed by atoms with Crippen LogP contribution in [0.25, 0.3) is 0 Å². The Kier molecular flexibility index (Phi) is 337. The van der Waals surface area contributed by atoms with Crippen LogP contribution in [0.15, 0.2) is 0 Å². The number of carbonyl (C=O) groups excluding carboxylic acids is 2. The molecule has 8 heteroatoms. The molecule has 0 amide bonds. The fraction of sp³-hybridized carbons (Fsp3) is 0.333. The van der Waals surface area contributed by atoms with E-state index in [9.17, 15) is 0 Å². The minimum absolute atomic E-state index is 0. The van der Waals surface area contributed by atoms with E-state index in [4.69, 9.17) is 24.6 Å². The van der Waals surface area contributed by atoms with Gasteiger partial charge in [-0.15, -0.1) is 0 Å². The maximum Gasteiger partial charge on any atom is 0.373 e. The Morgan fingerprint density at radius 2 is 1.27 bits per heavy atom. The summed E-state index contributed by atoms with van der Waals surface area (Å²) in [6.07, 6.45) is -1.83. The van der Waals surface area contributed by atoms with E-state index in [1.54, 1.807) is 0 Å². The molecule has 6 radical (unpaired) electrons. The van der Waals surface area contributed by atoms with Crippen LogP contribution >= 0.6 is 0 Å². The standard InChI is InChI=1S/CH2O3.CO2.CH4.2B.H2O/c2-1(3)4;2-1-3;;;;/h(H2,2,3,4);;1H4;;;1H2/p-1. The van der Waals surface area contributed by atoms with Crippen molar-refractivity contribution in [3.05, 3.63) is 0 Å². The van der Waals surface area contributed by atoms with E-state index >= 15 is 0 Å². The van der Waals surface area contributed by atoms with Gasteiger partial charge in [0.05, 0.1) is 0 Å². The molecule has 0 aromatic rings. The van der Waals surface area contributed by atoms with E-state index in [-0.39, 0.29) is 35.9 Å². The largest absolute Gasteiger partial charge is 0.565 e. The number of rotatable bonds is 0. The van der Waals surface area contributed by atoms with Crippen LogP contribution in [0, 0.1) is 0 Å². The van der Waals surface area contributed by atoms with Crippen molar-refractivity contribution < 1.29 is 30.1 Å². The van der Waals surface area contributed by atoms with E-state index in [2.05, 4.69) is 0 Å². The van der Waals surface area contributed by atoms with Gasteiger partial charge >= 0.3 is 6.15 Å². The summed E-state index contributed by atoms with van der Waals surface area (Å²) in [5.74, 6) is 0. The number of carbonyl (C=O) groups is 1. The molecule has 62 valence electrons. The van der Waals surface area contributed by atoms with Gasteiger partial charge < -0.3 is 20.5 Å². The van der Waals surface area contributed by atoms with Gasteiger partial charge in [-0.3, -0.25) is 0 Å². The van der Waals surface area contributed by atoms with Crippen molar-refractivity contribution in [1.82, 2.24) is 0 Å². The summed E-state index contributed by atoms with van der Waals surface area (Å²) in [5.41, 5.74) is 0. The van der Waals surface area contributed by atoms with Gasteiger partial charge in [-0.1, -0.05) is 7.43 Å². The molecule has 0 fully saturated rings. The van der Waals surface area contributed by atoms with Gasteiger partial charge in [0.1, 0.15) is 0 Å². The predicted molar refractivity (Wildman–Crippen MR) is 34.9 cm³/mol. The monoisotopic (exact) mass is 161 g/mol. The van der Waals surface area contributed by atoms with E-state index in [1.165, 1.54) is 0 Å². The number of hydrogen-bond donors (Lipinski definition) is 1. The zero-order valence-corrected chi connectivity index (χ0v) is 4.73. The molecular weight excluding hydrogens is 154 g/mol. The maximum absolute atomic E-state index is 8.44. The van der Waals surface area contributed by atoms with Crippen molar-refractivity contribution in [2.24, 2.45) is 0 Å². The van der Waals surface area contributed by atoms with Gasteiger partial charge in [-0.05, 0) is 0 Å². The topological polar surface area (TPSA) is 126 Å². The number of carboxylic acid groups (broad SMARTS) is 2. The molecule has 0 aliphatic heterocycles. The van der Waals surface area contributed by atoms with Crippen molar-refractivity contribution in [3.63, 3.8) is 0 Å². The van der Waals surface area contributed by atoms with Gasteiger partial charge in [0, 0.05) is 16.8 Å². The Labute approximate surface area is 67.7 Å². The lowest BCUT2D eigenvalue weighted by molar-refractivity contribution is -0.275. The van der Waals surface area contributed by atoms with Gasteiger partial charge in [0.25, 0.3) is 0 Å². The highest BCUT2D eigenvalue weighted by Crippen LogP contribution is 1.32. The molecule has 0 aromatic heterocycles. The van der Waals surface area contributed by atoms with Crippen molar-refractivity contribution in [1.29, 1.82) is 0 Å². The molecule has 0 aliphatic rings. The fourth-order valence-corrected chi connectivity index (χ4v) is 0. The van der Waals surface area contributed by atoms with E-state index in [0.717, 1.165) is 0 Å². The molecule has 0 aliphatic carbocycles. The Hall–Kier alpha value is -1.26. The summed E-state index contributed by atoms with van der Waals surface area (Å²) in [4.78, 5) is 24.7. The smallest absolute Gasteiger partial charge is 0.373 e. The van der Waals surface area contributed by atoms with Crippen molar-refractivity contribution in [2.45, 2.75) is 7.43 Å². The van der Waals surface area contributed by atoms with Gasteiger partial charge in [0.2, 0.25) is 6.16 Å². The van der Waals surface area contributed by atoms with Crippen LogP contribution < -0.4 is 5.11 Å². The first-order valence-corrected chi connectivity index (χ1v) is 1.04. The molecule has 3 N–H and O–H groups in total. The summed E-state index contributed by atoms with van der Waals surface area (Å²) in [7, 11) is 0. The maximum atomic E-state index is 8.44. The van der Waals surface area contributed by atoms with Crippen molar-refractivity contribution in [2.75, 3.05) is 0 Å². The van der Waals surface area contributed by atoms with E-state index in [1.807, 2.05) is 0 Å². The SMILES string of the molecule is C.O.O=C([O-])O.O=C=O.[B].[B]. The van der Waals surface area contributed by atoms with Crippen molar-refractivity contribution in [3.8, 4) is 0 Å². The summed E-state index contributed by atoms with van der Waals surface area (Å²) < 4.78 is 0. The third-order valence-electron chi connectivity index (χ3n) is 0. The second kappa shape index (κ2) is 69.7. The van der Waals surface area contributed by atoms with Crippen LogP contribution in [0.5, 0.6) is 0 Å². The second-order valence-corrected chi connectivity index (χ2v) is 0.349. The third kappa shape index (κ3) is 250. The molecule has 0 unspecified atom stereocenters. The molecule has 0 bridgehead atoms. The molecule has 0 saturated carbocycles. The average molecular weight is 161 g/mol. The lowest BCUT2D eigenvalue weighted by Gasteiger charge is -1.74. The van der Waals surface area contributed by atoms with E-state index in [0.29, 0.717) is 0 Å². The first-order valence-electron chi connectivity index (χ1n) is 1.04. The van der Waals surface area contributed by atoms with E-state index < -0.39 is 6.16 Å². The van der Waals surface area contributed by atoms with Gasteiger partial charge in [0.15, 0.2) is 0 Å².